The highest BCUT2D eigenvalue weighted by molar-refractivity contribution is 14.1. The van der Waals surface area contributed by atoms with E-state index in [9.17, 15) is 4.39 Å². The summed E-state index contributed by atoms with van der Waals surface area (Å²) < 4.78 is 19.9. The number of halogens is 3. The van der Waals surface area contributed by atoms with Gasteiger partial charge in [0.25, 0.3) is 0 Å². The zero-order valence-corrected chi connectivity index (χ0v) is 15.5. The molecule has 2 aromatic rings. The molecule has 0 spiro atoms. The highest BCUT2D eigenvalue weighted by Gasteiger charge is 2.32. The maximum absolute atomic E-state index is 13.3. The first-order chi connectivity index (χ1) is 9.88. The second-order valence-corrected chi connectivity index (χ2v) is 8.03. The fraction of sp³-hybridized carbons (Fsp3) is 0.294. The number of benzene rings is 2. The standard InChI is InChI=1S/C17H15BrFIO/c1-17(2)9-21-15-6-3-10(7-13(15)17)16(18)12-5-4-11(19)8-14(12)20/h3-8,16H,9H2,1-2H3. The predicted octanol–water partition coefficient (Wildman–Crippen LogP) is 5.58. The van der Waals surface area contributed by atoms with E-state index < -0.39 is 0 Å². The molecule has 110 valence electrons. The van der Waals surface area contributed by atoms with E-state index in [1.54, 1.807) is 6.07 Å². The van der Waals surface area contributed by atoms with E-state index >= 15 is 0 Å². The molecule has 0 N–H and O–H groups in total. The largest absolute Gasteiger partial charge is 0.492 e. The van der Waals surface area contributed by atoms with Crippen LogP contribution in [0.3, 0.4) is 0 Å². The quantitative estimate of drug-likeness (QED) is 0.419. The normalized spacial score (nSPS) is 17.2. The summed E-state index contributed by atoms with van der Waals surface area (Å²) in [6, 6.07) is 11.2. The predicted molar refractivity (Wildman–Crippen MR) is 94.9 cm³/mol. The highest BCUT2D eigenvalue weighted by atomic mass is 127. The molecule has 1 nitrogen and oxygen atoms in total. The van der Waals surface area contributed by atoms with Gasteiger partial charge in [0.05, 0.1) is 11.4 Å². The Bertz CT molecular complexity index is 699. The van der Waals surface area contributed by atoms with Gasteiger partial charge in [-0.2, -0.15) is 0 Å². The Hall–Kier alpha value is -0.620. The number of fused-ring (bicyclic) bond motifs is 1. The Morgan fingerprint density at radius 2 is 2.00 bits per heavy atom. The maximum atomic E-state index is 13.3. The molecule has 0 saturated heterocycles. The van der Waals surface area contributed by atoms with E-state index in [0.29, 0.717) is 6.61 Å². The summed E-state index contributed by atoms with van der Waals surface area (Å²) in [4.78, 5) is 0.0479. The van der Waals surface area contributed by atoms with Crippen molar-refractivity contribution in [3.05, 3.63) is 62.5 Å². The lowest BCUT2D eigenvalue weighted by molar-refractivity contribution is 0.291. The van der Waals surface area contributed by atoms with Gasteiger partial charge in [-0.1, -0.05) is 41.9 Å². The van der Waals surface area contributed by atoms with Crippen molar-refractivity contribution in [2.75, 3.05) is 6.61 Å². The van der Waals surface area contributed by atoms with E-state index in [0.717, 1.165) is 20.4 Å². The molecule has 0 aromatic heterocycles. The van der Waals surface area contributed by atoms with Crippen LogP contribution in [0.1, 0.15) is 35.4 Å². The third kappa shape index (κ3) is 2.84. The summed E-state index contributed by atoms with van der Waals surface area (Å²) in [5, 5.41) is 0. The molecule has 2 aromatic carbocycles. The van der Waals surface area contributed by atoms with Gasteiger partial charge in [0.2, 0.25) is 0 Å². The van der Waals surface area contributed by atoms with Crippen molar-refractivity contribution >= 4 is 38.5 Å². The minimum absolute atomic E-state index is 0.0357. The van der Waals surface area contributed by atoms with Crippen LogP contribution in [0.25, 0.3) is 0 Å². The van der Waals surface area contributed by atoms with Crippen molar-refractivity contribution in [2.45, 2.75) is 24.1 Å². The van der Waals surface area contributed by atoms with Crippen molar-refractivity contribution < 1.29 is 9.13 Å². The van der Waals surface area contributed by atoms with Gasteiger partial charge in [-0.05, 0) is 58.0 Å². The van der Waals surface area contributed by atoms with Crippen LogP contribution in [0.15, 0.2) is 36.4 Å². The Morgan fingerprint density at radius 1 is 1.24 bits per heavy atom. The molecule has 1 aliphatic heterocycles. The number of alkyl halides is 1. The molecule has 1 heterocycles. The van der Waals surface area contributed by atoms with Gasteiger partial charge in [0, 0.05) is 14.5 Å². The third-order valence-corrected chi connectivity index (χ3v) is 5.81. The number of hydrogen-bond acceptors (Lipinski definition) is 1. The fourth-order valence-electron chi connectivity index (χ4n) is 2.58. The van der Waals surface area contributed by atoms with Crippen LogP contribution < -0.4 is 4.74 Å². The SMILES string of the molecule is CC1(C)COc2ccc(C(Br)c3ccc(F)cc3I)cc21. The average molecular weight is 461 g/mol. The Morgan fingerprint density at radius 3 is 2.71 bits per heavy atom. The molecule has 0 bridgehead atoms. The van der Waals surface area contributed by atoms with Gasteiger partial charge in [-0.25, -0.2) is 4.39 Å². The Kier molecular flexibility index (Phi) is 4.03. The molecular weight excluding hydrogens is 446 g/mol. The Labute approximate surface area is 146 Å². The summed E-state index contributed by atoms with van der Waals surface area (Å²) in [6.07, 6.45) is 0. The Balaban J connectivity index is 2.01. The molecule has 0 saturated carbocycles. The molecule has 1 unspecified atom stereocenters. The van der Waals surface area contributed by atoms with Crippen molar-refractivity contribution in [1.82, 2.24) is 0 Å². The van der Waals surface area contributed by atoms with Gasteiger partial charge in [0.1, 0.15) is 11.6 Å². The van der Waals surface area contributed by atoms with Crippen LogP contribution in [-0.4, -0.2) is 6.61 Å². The first-order valence-electron chi connectivity index (χ1n) is 6.75. The maximum Gasteiger partial charge on any atom is 0.124 e. The van der Waals surface area contributed by atoms with E-state index in [2.05, 4.69) is 64.5 Å². The smallest absolute Gasteiger partial charge is 0.124 e. The highest BCUT2D eigenvalue weighted by Crippen LogP contribution is 2.42. The zero-order chi connectivity index (χ0) is 15.2. The van der Waals surface area contributed by atoms with E-state index in [1.807, 2.05) is 12.1 Å². The number of rotatable bonds is 2. The topological polar surface area (TPSA) is 9.23 Å². The summed E-state index contributed by atoms with van der Waals surface area (Å²) >= 11 is 5.92. The van der Waals surface area contributed by atoms with Crippen molar-refractivity contribution in [2.24, 2.45) is 0 Å². The fourth-order valence-corrected chi connectivity index (χ4v) is 4.48. The lowest BCUT2D eigenvalue weighted by Gasteiger charge is -2.18. The van der Waals surface area contributed by atoms with Gasteiger partial charge in [-0.15, -0.1) is 0 Å². The van der Waals surface area contributed by atoms with E-state index in [1.165, 1.54) is 11.6 Å². The second kappa shape index (κ2) is 5.54. The summed E-state index contributed by atoms with van der Waals surface area (Å²) in [5.74, 6) is 0.767. The van der Waals surface area contributed by atoms with Crippen LogP contribution in [0.4, 0.5) is 4.39 Å². The van der Waals surface area contributed by atoms with Gasteiger partial charge >= 0.3 is 0 Å². The molecule has 4 heteroatoms. The number of ether oxygens (including phenoxy) is 1. The van der Waals surface area contributed by atoms with E-state index in [4.69, 9.17) is 4.74 Å². The monoisotopic (exact) mass is 460 g/mol. The second-order valence-electron chi connectivity index (χ2n) is 5.96. The van der Waals surface area contributed by atoms with Gasteiger partial charge in [-0.3, -0.25) is 0 Å². The molecule has 0 aliphatic carbocycles. The van der Waals surface area contributed by atoms with Crippen LogP contribution in [0.2, 0.25) is 0 Å². The van der Waals surface area contributed by atoms with Gasteiger partial charge < -0.3 is 4.74 Å². The minimum Gasteiger partial charge on any atom is -0.492 e. The minimum atomic E-state index is -0.202. The van der Waals surface area contributed by atoms with Crippen LogP contribution in [0, 0.1) is 9.39 Å². The third-order valence-electron chi connectivity index (χ3n) is 3.85. The van der Waals surface area contributed by atoms with Crippen LogP contribution >= 0.6 is 38.5 Å². The molecule has 0 fully saturated rings. The molecule has 3 rings (SSSR count). The van der Waals surface area contributed by atoms with E-state index in [-0.39, 0.29) is 16.1 Å². The first kappa shape index (κ1) is 15.3. The van der Waals surface area contributed by atoms with Crippen LogP contribution in [-0.2, 0) is 5.41 Å². The lowest BCUT2D eigenvalue weighted by Crippen LogP contribution is -2.18. The molecular formula is C17H15BrFIO. The van der Waals surface area contributed by atoms with Crippen molar-refractivity contribution in [1.29, 1.82) is 0 Å². The molecule has 21 heavy (non-hydrogen) atoms. The van der Waals surface area contributed by atoms with Crippen molar-refractivity contribution in [3.63, 3.8) is 0 Å². The molecule has 0 radical (unpaired) electrons. The molecule has 0 amide bonds. The first-order valence-corrected chi connectivity index (χ1v) is 8.74. The zero-order valence-electron chi connectivity index (χ0n) is 11.8. The number of hydrogen-bond donors (Lipinski definition) is 0. The van der Waals surface area contributed by atoms with Crippen LogP contribution in [0.5, 0.6) is 5.75 Å². The van der Waals surface area contributed by atoms with Gasteiger partial charge in [0.15, 0.2) is 0 Å². The molecule has 1 atom stereocenters. The summed E-state index contributed by atoms with van der Waals surface area (Å²) in [7, 11) is 0. The van der Waals surface area contributed by atoms with Crippen molar-refractivity contribution in [3.8, 4) is 5.75 Å². The lowest BCUT2D eigenvalue weighted by atomic mass is 9.85. The average Bonchev–Trinajstić information content (AvgIpc) is 2.74. The molecule has 1 aliphatic rings. The summed E-state index contributed by atoms with van der Waals surface area (Å²) in [6.45, 7) is 5.09. The summed E-state index contributed by atoms with van der Waals surface area (Å²) in [5.41, 5.74) is 3.51.